The molecule has 0 atom stereocenters. The maximum absolute atomic E-state index is 12.7. The average molecular weight is 351 g/mol. The Bertz CT molecular complexity index is 725. The van der Waals surface area contributed by atoms with E-state index in [-0.39, 0.29) is 11.7 Å². The van der Waals surface area contributed by atoms with Gasteiger partial charge < -0.3 is 10.2 Å². The molecule has 0 aliphatic carbocycles. The van der Waals surface area contributed by atoms with Crippen LogP contribution in [0.4, 0.5) is 5.69 Å². The number of rotatable bonds is 3. The molecule has 2 saturated heterocycles. The maximum atomic E-state index is 12.7. The van der Waals surface area contributed by atoms with Gasteiger partial charge in [0.05, 0.1) is 11.4 Å². The molecule has 132 valence electrons. The molecule has 2 fully saturated rings. The molecule has 24 heavy (non-hydrogen) atoms. The number of piperidine rings is 1. The lowest BCUT2D eigenvalue weighted by atomic mass is 10.0. The maximum Gasteiger partial charge on any atom is 0.254 e. The number of aryl methyl sites for hydroxylation is 1. The van der Waals surface area contributed by atoms with E-state index in [0.717, 1.165) is 31.5 Å². The molecule has 6 nitrogen and oxygen atoms in total. The molecule has 2 heterocycles. The van der Waals surface area contributed by atoms with Gasteiger partial charge in [-0.25, -0.2) is 8.42 Å². The fourth-order valence-electron chi connectivity index (χ4n) is 3.51. The van der Waals surface area contributed by atoms with Gasteiger partial charge in [0.15, 0.2) is 0 Å². The van der Waals surface area contributed by atoms with Crippen LogP contribution in [0.15, 0.2) is 18.2 Å². The molecule has 1 N–H and O–H groups in total. The highest BCUT2D eigenvalue weighted by Crippen LogP contribution is 2.27. The Kier molecular flexibility index (Phi) is 4.83. The summed E-state index contributed by atoms with van der Waals surface area (Å²) in [5.74, 6) is 0.241. The second-order valence-electron chi connectivity index (χ2n) is 6.60. The van der Waals surface area contributed by atoms with E-state index in [0.29, 0.717) is 30.3 Å². The first-order valence-electron chi connectivity index (χ1n) is 8.50. The van der Waals surface area contributed by atoms with Gasteiger partial charge in [0.2, 0.25) is 10.0 Å². The monoisotopic (exact) mass is 351 g/mol. The van der Waals surface area contributed by atoms with Crippen LogP contribution in [-0.4, -0.2) is 57.7 Å². The van der Waals surface area contributed by atoms with Gasteiger partial charge >= 0.3 is 0 Å². The van der Waals surface area contributed by atoms with Gasteiger partial charge in [-0.15, -0.1) is 0 Å². The van der Waals surface area contributed by atoms with Crippen molar-refractivity contribution in [3.05, 3.63) is 29.3 Å². The van der Waals surface area contributed by atoms with E-state index in [9.17, 15) is 13.2 Å². The second kappa shape index (κ2) is 6.72. The van der Waals surface area contributed by atoms with Crippen molar-refractivity contribution in [1.82, 2.24) is 10.2 Å². The number of anilines is 1. The van der Waals surface area contributed by atoms with E-state index in [1.807, 2.05) is 24.9 Å². The molecule has 2 aliphatic rings. The lowest BCUT2D eigenvalue weighted by molar-refractivity contribution is 0.0706. The van der Waals surface area contributed by atoms with Crippen molar-refractivity contribution >= 4 is 21.6 Å². The van der Waals surface area contributed by atoms with E-state index in [4.69, 9.17) is 0 Å². The first kappa shape index (κ1) is 17.2. The number of likely N-dealkylation sites (tertiary alicyclic amines) is 1. The van der Waals surface area contributed by atoms with Gasteiger partial charge in [0, 0.05) is 31.2 Å². The minimum absolute atomic E-state index is 0.0397. The zero-order chi connectivity index (χ0) is 17.3. The summed E-state index contributed by atoms with van der Waals surface area (Å²) < 4.78 is 25.5. The van der Waals surface area contributed by atoms with Gasteiger partial charge in [0.25, 0.3) is 5.91 Å². The largest absolute Gasteiger partial charge is 0.339 e. The lowest BCUT2D eigenvalue weighted by Gasteiger charge is -2.32. The summed E-state index contributed by atoms with van der Waals surface area (Å²) in [6.07, 6.45) is 2.58. The number of carbonyl (C=O) groups is 1. The number of carbonyl (C=O) groups excluding carboxylic acids is 1. The predicted molar refractivity (Wildman–Crippen MR) is 94.9 cm³/mol. The molecule has 0 bridgehead atoms. The number of nitrogens with one attached hydrogen (secondary N) is 1. The van der Waals surface area contributed by atoms with Crippen LogP contribution >= 0.6 is 0 Å². The van der Waals surface area contributed by atoms with Gasteiger partial charge in [-0.1, -0.05) is 0 Å². The quantitative estimate of drug-likeness (QED) is 0.893. The number of hydrogen-bond donors (Lipinski definition) is 1. The van der Waals surface area contributed by atoms with Gasteiger partial charge in [0.1, 0.15) is 0 Å². The van der Waals surface area contributed by atoms with Crippen LogP contribution in [0.5, 0.6) is 0 Å². The number of hydrogen-bond acceptors (Lipinski definition) is 4. The smallest absolute Gasteiger partial charge is 0.254 e. The fraction of sp³-hybridized carbons (Fsp3) is 0.588. The van der Waals surface area contributed by atoms with Crippen molar-refractivity contribution in [2.24, 2.45) is 0 Å². The summed E-state index contributed by atoms with van der Waals surface area (Å²) in [6.45, 7) is 3.91. The summed E-state index contributed by atoms with van der Waals surface area (Å²) >= 11 is 0. The molecule has 0 unspecified atom stereocenters. The summed E-state index contributed by atoms with van der Waals surface area (Å²) in [5.41, 5.74) is 2.16. The lowest BCUT2D eigenvalue weighted by Crippen LogP contribution is -2.44. The normalized spacial score (nSPS) is 21.2. The zero-order valence-electron chi connectivity index (χ0n) is 14.3. The molecule has 0 spiro atoms. The van der Waals surface area contributed by atoms with E-state index in [1.165, 1.54) is 4.31 Å². The Hall–Kier alpha value is -1.60. The van der Waals surface area contributed by atoms with Crippen molar-refractivity contribution in [3.63, 3.8) is 0 Å². The summed E-state index contributed by atoms with van der Waals surface area (Å²) in [5, 5.41) is 3.26. The van der Waals surface area contributed by atoms with Crippen LogP contribution in [-0.2, 0) is 10.0 Å². The standard InChI is InChI=1S/C17H25N3O3S/c1-13-12-15(20-8-3-11-24(20,22)23)4-5-16(13)17(21)19-9-6-14(18-2)7-10-19/h4-5,12,14,18H,3,6-11H2,1-2H3. The SMILES string of the molecule is CNC1CCN(C(=O)c2ccc(N3CCCS3(=O)=O)cc2C)CC1. The van der Waals surface area contributed by atoms with Gasteiger partial charge in [-0.3, -0.25) is 9.10 Å². The zero-order valence-corrected chi connectivity index (χ0v) is 15.1. The second-order valence-corrected chi connectivity index (χ2v) is 8.61. The summed E-state index contributed by atoms with van der Waals surface area (Å²) in [7, 11) is -1.23. The van der Waals surface area contributed by atoms with Crippen LogP contribution in [0.2, 0.25) is 0 Å². The molecule has 0 saturated carbocycles. The number of amides is 1. The first-order valence-corrected chi connectivity index (χ1v) is 10.1. The van der Waals surface area contributed by atoms with Crippen LogP contribution in [0.3, 0.4) is 0 Å². The highest BCUT2D eigenvalue weighted by atomic mass is 32.2. The number of sulfonamides is 1. The van der Waals surface area contributed by atoms with Crippen molar-refractivity contribution in [2.45, 2.75) is 32.2 Å². The Labute approximate surface area is 143 Å². The summed E-state index contributed by atoms with van der Waals surface area (Å²) in [6, 6.07) is 5.82. The number of benzene rings is 1. The molecule has 1 amide bonds. The highest BCUT2D eigenvalue weighted by molar-refractivity contribution is 7.93. The molecule has 1 aromatic carbocycles. The van der Waals surface area contributed by atoms with Gasteiger partial charge in [-0.05, 0) is 57.0 Å². The molecule has 1 aromatic rings. The highest BCUT2D eigenvalue weighted by Gasteiger charge is 2.29. The molecule has 3 rings (SSSR count). The third-order valence-electron chi connectivity index (χ3n) is 5.02. The Balaban J connectivity index is 1.77. The van der Waals surface area contributed by atoms with Crippen molar-refractivity contribution in [3.8, 4) is 0 Å². The van der Waals surface area contributed by atoms with Crippen molar-refractivity contribution < 1.29 is 13.2 Å². The van der Waals surface area contributed by atoms with Crippen molar-refractivity contribution in [2.75, 3.05) is 36.7 Å². The Morgan fingerprint density at radius 1 is 1.21 bits per heavy atom. The first-order chi connectivity index (χ1) is 11.4. The minimum Gasteiger partial charge on any atom is -0.339 e. The molecular formula is C17H25N3O3S. The Morgan fingerprint density at radius 2 is 1.92 bits per heavy atom. The number of nitrogens with zero attached hydrogens (tertiary/aromatic N) is 2. The molecule has 0 aromatic heterocycles. The average Bonchev–Trinajstić information content (AvgIpc) is 2.93. The molecule has 0 radical (unpaired) electrons. The van der Waals surface area contributed by atoms with Crippen molar-refractivity contribution in [1.29, 1.82) is 0 Å². The third-order valence-corrected chi connectivity index (χ3v) is 6.89. The predicted octanol–water partition coefficient (Wildman–Crippen LogP) is 1.36. The van der Waals surface area contributed by atoms with Crippen LogP contribution in [0.25, 0.3) is 0 Å². The molecular weight excluding hydrogens is 326 g/mol. The third kappa shape index (κ3) is 3.28. The van der Waals surface area contributed by atoms with E-state index < -0.39 is 10.0 Å². The van der Waals surface area contributed by atoms with E-state index >= 15 is 0 Å². The van der Waals surface area contributed by atoms with Crippen LogP contribution in [0, 0.1) is 6.92 Å². The van der Waals surface area contributed by atoms with Crippen LogP contribution < -0.4 is 9.62 Å². The van der Waals surface area contributed by atoms with E-state index in [2.05, 4.69) is 5.32 Å². The van der Waals surface area contributed by atoms with E-state index in [1.54, 1.807) is 12.1 Å². The fourth-order valence-corrected chi connectivity index (χ4v) is 5.07. The molecule has 2 aliphatic heterocycles. The Morgan fingerprint density at radius 3 is 2.46 bits per heavy atom. The summed E-state index contributed by atoms with van der Waals surface area (Å²) in [4.78, 5) is 14.6. The topological polar surface area (TPSA) is 69.7 Å². The molecule has 7 heteroatoms. The van der Waals surface area contributed by atoms with Crippen LogP contribution in [0.1, 0.15) is 35.2 Å². The van der Waals surface area contributed by atoms with Gasteiger partial charge in [-0.2, -0.15) is 0 Å². The minimum atomic E-state index is -3.19.